The van der Waals surface area contributed by atoms with E-state index >= 15 is 0 Å². The monoisotopic (exact) mass is 961 g/mol. The van der Waals surface area contributed by atoms with Crippen LogP contribution in [0.1, 0.15) is 239 Å². The molecule has 0 aliphatic carbocycles. The highest BCUT2D eigenvalue weighted by atomic mass is 31.2. The second-order valence-corrected chi connectivity index (χ2v) is 21.2. The summed E-state index contributed by atoms with van der Waals surface area (Å²) in [6, 6.07) is -0.900. The molecule has 0 saturated carbocycles. The Kier molecular flexibility index (Phi) is 45.8. The quantitative estimate of drug-likeness (QED) is 0.0161. The number of nitrogens with one attached hydrogen (secondary N) is 1. The molecule has 0 spiro atoms. The van der Waals surface area contributed by atoms with Gasteiger partial charge in [-0.2, -0.15) is 0 Å². The number of phosphoric acid groups is 1. The van der Waals surface area contributed by atoms with E-state index in [9.17, 15) is 19.0 Å². The van der Waals surface area contributed by atoms with Gasteiger partial charge in [0.15, 0.2) is 0 Å². The first-order valence-corrected chi connectivity index (χ1v) is 29.1. The van der Waals surface area contributed by atoms with Gasteiger partial charge in [0.25, 0.3) is 7.82 Å². The van der Waals surface area contributed by atoms with Crippen LogP contribution >= 0.6 is 7.82 Å². The number of carbonyl (C=O) groups excluding carboxylic acids is 2. The van der Waals surface area contributed by atoms with Gasteiger partial charge in [0, 0.05) is 12.8 Å². The fourth-order valence-corrected chi connectivity index (χ4v) is 8.41. The zero-order valence-corrected chi connectivity index (χ0v) is 45.2. The van der Waals surface area contributed by atoms with Crippen LogP contribution in [0, 0.1) is 0 Å². The molecule has 9 nitrogen and oxygen atoms in total. The largest absolute Gasteiger partial charge is 0.756 e. The van der Waals surface area contributed by atoms with E-state index in [4.69, 9.17) is 13.8 Å². The van der Waals surface area contributed by atoms with Gasteiger partial charge in [0.05, 0.1) is 33.8 Å². The zero-order valence-electron chi connectivity index (χ0n) is 44.3. The lowest BCUT2D eigenvalue weighted by Gasteiger charge is -2.30. The molecule has 0 fully saturated rings. The van der Waals surface area contributed by atoms with E-state index in [1.807, 2.05) is 39.4 Å². The Morgan fingerprint density at radius 2 is 0.970 bits per heavy atom. The minimum Gasteiger partial charge on any atom is -0.756 e. The number of allylic oxidation sites excluding steroid dienone is 9. The number of hydrogen-bond donors (Lipinski definition) is 1. The van der Waals surface area contributed by atoms with Crippen molar-refractivity contribution in [2.45, 2.75) is 251 Å². The lowest BCUT2D eigenvalue weighted by Crippen LogP contribution is -2.47. The number of carbonyl (C=O) groups is 2. The Morgan fingerprint density at radius 3 is 1.48 bits per heavy atom. The van der Waals surface area contributed by atoms with Crippen LogP contribution in [-0.4, -0.2) is 69.4 Å². The van der Waals surface area contributed by atoms with Crippen molar-refractivity contribution in [3.05, 3.63) is 60.8 Å². The number of phosphoric ester groups is 1. The fourth-order valence-electron chi connectivity index (χ4n) is 7.69. The highest BCUT2D eigenvalue weighted by Gasteiger charge is 2.27. The van der Waals surface area contributed by atoms with Gasteiger partial charge in [0.2, 0.25) is 5.91 Å². The van der Waals surface area contributed by atoms with Crippen LogP contribution in [-0.2, 0) is 27.9 Å². The Labute approximate surface area is 413 Å². The number of nitrogens with zero attached hydrogens (tertiary/aromatic N) is 1. The predicted molar refractivity (Wildman–Crippen MR) is 284 cm³/mol. The molecule has 3 unspecified atom stereocenters. The van der Waals surface area contributed by atoms with E-state index in [0.29, 0.717) is 23.9 Å². The number of rotatable bonds is 49. The highest BCUT2D eigenvalue weighted by molar-refractivity contribution is 7.45. The number of likely N-dealkylation sites (N-methyl/N-ethyl adjacent to an activating group) is 1. The van der Waals surface area contributed by atoms with Crippen molar-refractivity contribution in [2.24, 2.45) is 0 Å². The average molecular weight is 961 g/mol. The summed E-state index contributed by atoms with van der Waals surface area (Å²) >= 11 is 0. The summed E-state index contributed by atoms with van der Waals surface area (Å²) in [5, 5.41) is 3.00. The van der Waals surface area contributed by atoms with Gasteiger partial charge in [0.1, 0.15) is 19.3 Å². The summed E-state index contributed by atoms with van der Waals surface area (Å²) in [5.74, 6) is -0.570. The second-order valence-electron chi connectivity index (χ2n) is 19.8. The van der Waals surface area contributed by atoms with Crippen molar-refractivity contribution in [3.63, 3.8) is 0 Å². The normalized spacial score (nSPS) is 14.3. The minimum atomic E-state index is -4.70. The number of unbranched alkanes of at least 4 members (excludes halogenated alkanes) is 27. The first kappa shape index (κ1) is 64.7. The predicted octanol–water partition coefficient (Wildman–Crippen LogP) is 15.7. The van der Waals surface area contributed by atoms with Gasteiger partial charge in [-0.15, -0.1) is 0 Å². The van der Waals surface area contributed by atoms with Gasteiger partial charge < -0.3 is 28.5 Å². The lowest BCUT2D eigenvalue weighted by molar-refractivity contribution is -0.870. The van der Waals surface area contributed by atoms with Gasteiger partial charge in [-0.1, -0.05) is 210 Å². The molecule has 0 bridgehead atoms. The maximum Gasteiger partial charge on any atom is 0.306 e. The number of quaternary nitrogens is 1. The van der Waals surface area contributed by atoms with Crippen molar-refractivity contribution >= 4 is 19.7 Å². The van der Waals surface area contributed by atoms with Crippen LogP contribution in [0.2, 0.25) is 0 Å². The first-order chi connectivity index (χ1) is 32.4. The second kappa shape index (κ2) is 47.4. The molecular weight excluding hydrogens is 856 g/mol. The summed E-state index contributed by atoms with van der Waals surface area (Å²) in [6.07, 6.45) is 57.5. The number of esters is 1. The molecule has 67 heavy (non-hydrogen) atoms. The van der Waals surface area contributed by atoms with Crippen LogP contribution in [0.25, 0.3) is 0 Å². The molecule has 0 saturated heterocycles. The molecule has 1 amide bonds. The van der Waals surface area contributed by atoms with Crippen LogP contribution in [0.5, 0.6) is 0 Å². The average Bonchev–Trinajstić information content (AvgIpc) is 3.28. The Bertz CT molecular complexity index is 1340. The summed E-state index contributed by atoms with van der Waals surface area (Å²) in [7, 11) is 1.16. The van der Waals surface area contributed by atoms with Gasteiger partial charge in [-0.3, -0.25) is 14.2 Å². The van der Waals surface area contributed by atoms with E-state index in [-0.39, 0.29) is 24.9 Å². The summed E-state index contributed by atoms with van der Waals surface area (Å²) < 4.78 is 30.2. The molecule has 3 atom stereocenters. The van der Waals surface area contributed by atoms with Gasteiger partial charge in [-0.05, 0) is 76.7 Å². The van der Waals surface area contributed by atoms with E-state index in [1.54, 1.807) is 0 Å². The van der Waals surface area contributed by atoms with E-state index in [1.165, 1.54) is 109 Å². The van der Waals surface area contributed by atoms with Crippen molar-refractivity contribution < 1.29 is 37.3 Å². The lowest BCUT2D eigenvalue weighted by atomic mass is 10.0. The molecule has 0 aromatic heterocycles. The Morgan fingerprint density at radius 1 is 0.537 bits per heavy atom. The summed E-state index contributed by atoms with van der Waals surface area (Å²) in [5.41, 5.74) is 0. The maximum absolute atomic E-state index is 13.4. The molecule has 0 rings (SSSR count). The SMILES string of the molecule is CC/C=C/C=C/C=C\CCCCCCCC(=O)NC(COP(=O)([O-])OCC[N+](C)(C)C)C(/C=C/CCCCCCCCCCCCC)OC(=O)CCCCCCCCC/C=C\CCCCCC. The van der Waals surface area contributed by atoms with E-state index in [2.05, 4.69) is 68.6 Å². The molecule has 0 aliphatic rings. The maximum atomic E-state index is 13.4. The van der Waals surface area contributed by atoms with Gasteiger partial charge >= 0.3 is 5.97 Å². The van der Waals surface area contributed by atoms with Crippen LogP contribution in [0.15, 0.2) is 60.8 Å². The number of amides is 1. The molecule has 0 aromatic rings. The van der Waals surface area contributed by atoms with E-state index in [0.717, 1.165) is 89.9 Å². The van der Waals surface area contributed by atoms with E-state index < -0.39 is 26.6 Å². The third kappa shape index (κ3) is 48.5. The third-order valence-electron chi connectivity index (χ3n) is 12.0. The highest BCUT2D eigenvalue weighted by Crippen LogP contribution is 2.38. The number of ether oxygens (including phenoxy) is 1. The zero-order chi connectivity index (χ0) is 49.4. The minimum absolute atomic E-state index is 0.0286. The third-order valence-corrected chi connectivity index (χ3v) is 13.0. The molecule has 0 radical (unpaired) electrons. The molecule has 0 heterocycles. The molecule has 10 heteroatoms. The molecular formula is C57H105N2O7P. The van der Waals surface area contributed by atoms with Crippen molar-refractivity contribution in [2.75, 3.05) is 40.9 Å². The molecule has 1 N–H and O–H groups in total. The van der Waals surface area contributed by atoms with Crippen LogP contribution in [0.3, 0.4) is 0 Å². The molecule has 390 valence electrons. The summed E-state index contributed by atoms with van der Waals surface area (Å²) in [6.45, 7) is 6.67. The summed E-state index contributed by atoms with van der Waals surface area (Å²) in [4.78, 5) is 39.8. The van der Waals surface area contributed by atoms with Crippen LogP contribution in [0.4, 0.5) is 0 Å². The molecule has 0 aromatic carbocycles. The Hall–Kier alpha value is -2.29. The smallest absolute Gasteiger partial charge is 0.306 e. The van der Waals surface area contributed by atoms with Gasteiger partial charge in [-0.25, -0.2) is 0 Å². The first-order valence-electron chi connectivity index (χ1n) is 27.6. The number of hydrogen-bond acceptors (Lipinski definition) is 7. The Balaban J connectivity index is 5.44. The van der Waals surface area contributed by atoms with Crippen molar-refractivity contribution in [3.8, 4) is 0 Å². The molecule has 0 aliphatic heterocycles. The fraction of sp³-hybridized carbons (Fsp3) is 0.789. The topological polar surface area (TPSA) is 114 Å². The van der Waals surface area contributed by atoms with Crippen LogP contribution < -0.4 is 10.2 Å². The van der Waals surface area contributed by atoms with Crippen molar-refractivity contribution in [1.82, 2.24) is 5.32 Å². The standard InChI is InChI=1S/C57H105N2O7P/c1-7-10-13-16-19-22-25-28-29-32-35-38-41-44-47-50-57(61)66-55(48-45-42-39-36-33-30-26-23-20-17-14-11-8-2)54(53-65-67(62,63)64-52-51-59(4,5)6)58-56(60)49-46-43-40-37-34-31-27-24-21-18-15-12-9-3/h12,15,18,21-22,24-25,27,45,48,54-55H,7-11,13-14,16-17,19-20,23,26,28-44,46-47,49-53H2,1-6H3,(H-,58,60,62,63)/b15-12+,21-18+,25-22-,27-24-,48-45+. The van der Waals surface area contributed by atoms with Crippen molar-refractivity contribution in [1.29, 1.82) is 0 Å².